The molecule has 3 N–H and O–H groups in total. The highest BCUT2D eigenvalue weighted by molar-refractivity contribution is 5.72. The number of aromatic nitrogens is 2. The molecule has 0 spiro atoms. The zero-order valence-electron chi connectivity index (χ0n) is 14.1. The van der Waals surface area contributed by atoms with Crippen molar-refractivity contribution in [1.29, 1.82) is 0 Å². The van der Waals surface area contributed by atoms with Gasteiger partial charge in [-0.3, -0.25) is 0 Å². The molecule has 1 heterocycles. The Morgan fingerprint density at radius 2 is 1.96 bits per heavy atom. The van der Waals surface area contributed by atoms with Crippen molar-refractivity contribution >= 4 is 11.6 Å². The molecule has 0 fully saturated rings. The number of phenols is 1. The number of ether oxygens (including phenoxy) is 1. The number of aromatic hydroxyl groups is 1. The lowest BCUT2D eigenvalue weighted by Gasteiger charge is -2.19. The molecule has 2 aromatic carbocycles. The van der Waals surface area contributed by atoms with E-state index in [9.17, 15) is 5.11 Å². The van der Waals surface area contributed by atoms with Gasteiger partial charge >= 0.3 is 0 Å². The Bertz CT molecular complexity index is 943. The zero-order chi connectivity index (χ0) is 17.9. The monoisotopic (exact) mass is 349 g/mol. The van der Waals surface area contributed by atoms with Crippen molar-refractivity contribution in [3.8, 4) is 22.8 Å². The molecule has 1 aromatic heterocycles. The summed E-state index contributed by atoms with van der Waals surface area (Å²) in [7, 11) is 0. The standard InChI is InChI=1S/C20H19N3O3/c24-8-9-26-17-3-1-2-15(10-17)22-20-21-12-14-5-4-13-6-7-16(25)11-18(13)19(14)23-20/h1-3,6-7,10-12,24-25H,4-5,8-9H2,(H,21,22,23). The van der Waals surface area contributed by atoms with Gasteiger partial charge in [0.05, 0.1) is 12.3 Å². The fourth-order valence-corrected chi connectivity index (χ4v) is 3.11. The minimum absolute atomic E-state index is 0.0299. The van der Waals surface area contributed by atoms with Crippen molar-refractivity contribution in [1.82, 2.24) is 9.97 Å². The van der Waals surface area contributed by atoms with Gasteiger partial charge in [0.25, 0.3) is 0 Å². The van der Waals surface area contributed by atoms with Crippen LogP contribution >= 0.6 is 0 Å². The van der Waals surface area contributed by atoms with Crippen molar-refractivity contribution in [2.24, 2.45) is 0 Å². The Hall–Kier alpha value is -3.12. The van der Waals surface area contributed by atoms with Gasteiger partial charge in [-0.2, -0.15) is 0 Å². The second-order valence-corrected chi connectivity index (χ2v) is 6.13. The second-order valence-electron chi connectivity index (χ2n) is 6.13. The summed E-state index contributed by atoms with van der Waals surface area (Å²) in [6, 6.07) is 12.8. The number of hydrogen-bond donors (Lipinski definition) is 3. The van der Waals surface area contributed by atoms with Crippen molar-refractivity contribution in [3.05, 3.63) is 59.8 Å². The van der Waals surface area contributed by atoms with Gasteiger partial charge in [0.1, 0.15) is 18.1 Å². The first-order valence-corrected chi connectivity index (χ1v) is 8.52. The van der Waals surface area contributed by atoms with E-state index in [4.69, 9.17) is 9.84 Å². The van der Waals surface area contributed by atoms with Crippen molar-refractivity contribution < 1.29 is 14.9 Å². The first-order chi connectivity index (χ1) is 12.7. The summed E-state index contributed by atoms with van der Waals surface area (Å²) < 4.78 is 5.43. The van der Waals surface area contributed by atoms with E-state index >= 15 is 0 Å². The number of aryl methyl sites for hydroxylation is 2. The largest absolute Gasteiger partial charge is 0.508 e. The number of anilines is 2. The van der Waals surface area contributed by atoms with Crippen LogP contribution in [0.3, 0.4) is 0 Å². The number of benzene rings is 2. The van der Waals surface area contributed by atoms with Crippen LogP contribution in [0.5, 0.6) is 11.5 Å². The van der Waals surface area contributed by atoms with E-state index in [1.54, 1.807) is 12.1 Å². The lowest BCUT2D eigenvalue weighted by molar-refractivity contribution is 0.201. The molecule has 1 aliphatic carbocycles. The van der Waals surface area contributed by atoms with Gasteiger partial charge in [0, 0.05) is 23.5 Å². The van der Waals surface area contributed by atoms with Gasteiger partial charge in [-0.05, 0) is 48.2 Å². The number of nitrogens with one attached hydrogen (secondary N) is 1. The number of aliphatic hydroxyl groups is 1. The Morgan fingerprint density at radius 3 is 2.85 bits per heavy atom. The third kappa shape index (κ3) is 3.32. The Balaban J connectivity index is 1.63. The van der Waals surface area contributed by atoms with E-state index in [1.807, 2.05) is 36.5 Å². The molecule has 4 rings (SSSR count). The van der Waals surface area contributed by atoms with E-state index in [0.29, 0.717) is 11.7 Å². The predicted molar refractivity (Wildman–Crippen MR) is 98.8 cm³/mol. The van der Waals surface area contributed by atoms with Crippen LogP contribution in [0.2, 0.25) is 0 Å². The minimum atomic E-state index is -0.0299. The normalized spacial score (nSPS) is 12.2. The first kappa shape index (κ1) is 16.4. The Morgan fingerprint density at radius 1 is 1.08 bits per heavy atom. The number of nitrogens with zero attached hydrogens (tertiary/aromatic N) is 2. The summed E-state index contributed by atoms with van der Waals surface area (Å²) in [6.45, 7) is 0.219. The lowest BCUT2D eigenvalue weighted by Crippen LogP contribution is -2.08. The van der Waals surface area contributed by atoms with E-state index in [2.05, 4.69) is 15.3 Å². The molecule has 6 nitrogen and oxygen atoms in total. The van der Waals surface area contributed by atoms with E-state index in [-0.39, 0.29) is 19.0 Å². The van der Waals surface area contributed by atoms with Gasteiger partial charge < -0.3 is 20.3 Å². The third-order valence-corrected chi connectivity index (χ3v) is 4.33. The summed E-state index contributed by atoms with van der Waals surface area (Å²) in [5.41, 5.74) is 4.87. The molecular formula is C20H19N3O3. The number of hydrogen-bond acceptors (Lipinski definition) is 6. The quantitative estimate of drug-likeness (QED) is 0.656. The van der Waals surface area contributed by atoms with Gasteiger partial charge in [-0.25, -0.2) is 9.97 Å². The molecule has 0 aliphatic heterocycles. The third-order valence-electron chi connectivity index (χ3n) is 4.33. The fourth-order valence-electron chi connectivity index (χ4n) is 3.11. The van der Waals surface area contributed by atoms with Crippen molar-refractivity contribution in [3.63, 3.8) is 0 Å². The highest BCUT2D eigenvalue weighted by Crippen LogP contribution is 2.34. The smallest absolute Gasteiger partial charge is 0.227 e. The maximum atomic E-state index is 9.83. The van der Waals surface area contributed by atoms with Gasteiger partial charge in [0.2, 0.25) is 5.95 Å². The number of phenolic OH excluding ortho intramolecular Hbond substituents is 1. The van der Waals surface area contributed by atoms with Crippen molar-refractivity contribution in [2.45, 2.75) is 12.8 Å². The van der Waals surface area contributed by atoms with Crippen LogP contribution in [0.15, 0.2) is 48.7 Å². The number of aliphatic hydroxyl groups excluding tert-OH is 1. The zero-order valence-corrected chi connectivity index (χ0v) is 14.1. The Kier molecular flexibility index (Phi) is 4.41. The van der Waals surface area contributed by atoms with Gasteiger partial charge in [0.15, 0.2) is 0 Å². The maximum Gasteiger partial charge on any atom is 0.227 e. The molecule has 0 bridgehead atoms. The molecule has 0 unspecified atom stereocenters. The topological polar surface area (TPSA) is 87.5 Å². The molecule has 3 aromatic rings. The molecule has 0 radical (unpaired) electrons. The number of rotatable bonds is 5. The second kappa shape index (κ2) is 7.01. The molecule has 0 amide bonds. The summed E-state index contributed by atoms with van der Waals surface area (Å²) >= 11 is 0. The minimum Gasteiger partial charge on any atom is -0.508 e. The molecule has 0 saturated heterocycles. The molecule has 26 heavy (non-hydrogen) atoms. The summed E-state index contributed by atoms with van der Waals surface area (Å²) in [5.74, 6) is 1.38. The van der Waals surface area contributed by atoms with Gasteiger partial charge in [-0.1, -0.05) is 12.1 Å². The number of fused-ring (bicyclic) bond motifs is 3. The Labute approximate surface area is 151 Å². The molecule has 0 saturated carbocycles. The highest BCUT2D eigenvalue weighted by atomic mass is 16.5. The van der Waals surface area contributed by atoms with Crippen LogP contribution in [-0.2, 0) is 12.8 Å². The highest BCUT2D eigenvalue weighted by Gasteiger charge is 2.19. The van der Waals surface area contributed by atoms with Crippen LogP contribution in [0, 0.1) is 0 Å². The van der Waals surface area contributed by atoms with E-state index in [1.165, 1.54) is 5.56 Å². The van der Waals surface area contributed by atoms with Crippen LogP contribution in [0.1, 0.15) is 11.1 Å². The van der Waals surface area contributed by atoms with Crippen LogP contribution in [0.4, 0.5) is 11.6 Å². The van der Waals surface area contributed by atoms with Gasteiger partial charge in [-0.15, -0.1) is 0 Å². The summed E-state index contributed by atoms with van der Waals surface area (Å²) in [6.07, 6.45) is 3.64. The average molecular weight is 349 g/mol. The SMILES string of the molecule is OCCOc1cccc(Nc2ncc3c(n2)-c2cc(O)ccc2CC3)c1. The molecule has 6 heteroatoms. The molecular weight excluding hydrogens is 330 g/mol. The summed E-state index contributed by atoms with van der Waals surface area (Å²) in [5, 5.41) is 21.9. The maximum absolute atomic E-state index is 9.83. The molecule has 132 valence electrons. The predicted octanol–water partition coefficient (Wildman–Crippen LogP) is 3.06. The molecule has 1 aliphatic rings. The average Bonchev–Trinajstić information content (AvgIpc) is 2.66. The van der Waals surface area contributed by atoms with Crippen LogP contribution in [0.25, 0.3) is 11.3 Å². The lowest BCUT2D eigenvalue weighted by atomic mass is 9.90. The summed E-state index contributed by atoms with van der Waals surface area (Å²) in [4.78, 5) is 9.08. The van der Waals surface area contributed by atoms with Crippen molar-refractivity contribution in [2.75, 3.05) is 18.5 Å². The first-order valence-electron chi connectivity index (χ1n) is 8.52. The fraction of sp³-hybridized carbons (Fsp3) is 0.200. The van der Waals surface area contributed by atoms with E-state index < -0.39 is 0 Å². The van der Waals surface area contributed by atoms with Crippen LogP contribution in [-0.4, -0.2) is 33.4 Å². The van der Waals surface area contributed by atoms with Crippen LogP contribution < -0.4 is 10.1 Å². The molecule has 0 atom stereocenters. The van der Waals surface area contributed by atoms with E-state index in [0.717, 1.165) is 35.3 Å².